The van der Waals surface area contributed by atoms with E-state index in [-0.39, 0.29) is 11.8 Å². The van der Waals surface area contributed by atoms with Gasteiger partial charge in [-0.1, -0.05) is 6.07 Å². The molecule has 7 nitrogen and oxygen atoms in total. The Labute approximate surface area is 167 Å². The number of fused-ring (bicyclic) bond motifs is 1. The molecule has 1 saturated heterocycles. The Morgan fingerprint density at radius 2 is 1.54 bits per heavy atom. The highest BCUT2D eigenvalue weighted by Crippen LogP contribution is 2.31. The summed E-state index contributed by atoms with van der Waals surface area (Å²) in [5.74, 6) is 1.95. The van der Waals surface area contributed by atoms with Gasteiger partial charge in [0.05, 0.1) is 0 Å². The first kappa shape index (κ1) is 20.5. The SMILES string of the molecule is CN(C)CCC(=O)N1CCN(C(=O)CCCc2ccc3c(c2)OCCO3)CC1. The Morgan fingerprint density at radius 1 is 0.929 bits per heavy atom. The molecule has 0 atom stereocenters. The number of amides is 2. The lowest BCUT2D eigenvalue weighted by molar-refractivity contribution is -0.139. The summed E-state index contributed by atoms with van der Waals surface area (Å²) in [4.78, 5) is 30.4. The number of hydrogen-bond acceptors (Lipinski definition) is 5. The third-order valence-electron chi connectivity index (χ3n) is 5.22. The van der Waals surface area contributed by atoms with E-state index >= 15 is 0 Å². The molecule has 1 fully saturated rings. The highest BCUT2D eigenvalue weighted by atomic mass is 16.6. The zero-order chi connectivity index (χ0) is 19.9. The van der Waals surface area contributed by atoms with Crippen molar-refractivity contribution in [3.8, 4) is 11.5 Å². The van der Waals surface area contributed by atoms with Crippen LogP contribution in [0.25, 0.3) is 0 Å². The van der Waals surface area contributed by atoms with E-state index in [4.69, 9.17) is 9.47 Å². The molecule has 2 heterocycles. The van der Waals surface area contributed by atoms with Gasteiger partial charge < -0.3 is 24.2 Å². The van der Waals surface area contributed by atoms with Crippen LogP contribution in [0.5, 0.6) is 11.5 Å². The topological polar surface area (TPSA) is 62.3 Å². The Morgan fingerprint density at radius 3 is 2.18 bits per heavy atom. The van der Waals surface area contributed by atoms with Crippen molar-refractivity contribution in [2.45, 2.75) is 25.7 Å². The van der Waals surface area contributed by atoms with Crippen LogP contribution in [0.1, 0.15) is 24.8 Å². The number of hydrogen-bond donors (Lipinski definition) is 0. The lowest BCUT2D eigenvalue weighted by Crippen LogP contribution is -2.50. The quantitative estimate of drug-likeness (QED) is 0.706. The van der Waals surface area contributed by atoms with Gasteiger partial charge in [-0.25, -0.2) is 0 Å². The number of piperazine rings is 1. The lowest BCUT2D eigenvalue weighted by Gasteiger charge is -2.35. The lowest BCUT2D eigenvalue weighted by atomic mass is 10.1. The first-order valence-electron chi connectivity index (χ1n) is 10.1. The van der Waals surface area contributed by atoms with Crippen LogP contribution in [0.2, 0.25) is 0 Å². The molecule has 154 valence electrons. The molecule has 0 saturated carbocycles. The molecule has 0 aliphatic carbocycles. The van der Waals surface area contributed by atoms with Crippen molar-refractivity contribution in [1.29, 1.82) is 0 Å². The smallest absolute Gasteiger partial charge is 0.223 e. The Balaban J connectivity index is 1.37. The Kier molecular flexibility index (Phi) is 7.14. The summed E-state index contributed by atoms with van der Waals surface area (Å²) in [6.07, 6.45) is 2.71. The monoisotopic (exact) mass is 389 g/mol. The third kappa shape index (κ3) is 5.61. The number of carbonyl (C=O) groups excluding carboxylic acids is 2. The standard InChI is InChI=1S/C21H31N3O4/c1-22(2)9-8-21(26)24-12-10-23(11-13-24)20(25)5-3-4-17-6-7-18-19(16-17)28-15-14-27-18/h6-7,16H,3-5,8-15H2,1-2H3. The summed E-state index contributed by atoms with van der Waals surface area (Å²) in [6.45, 7) is 4.49. The number of carbonyl (C=O) groups is 2. The zero-order valence-electron chi connectivity index (χ0n) is 17.0. The van der Waals surface area contributed by atoms with Crippen LogP contribution in [-0.2, 0) is 16.0 Å². The first-order chi connectivity index (χ1) is 13.5. The predicted molar refractivity (Wildman–Crippen MR) is 107 cm³/mol. The third-order valence-corrected chi connectivity index (χ3v) is 5.22. The average molecular weight is 389 g/mol. The van der Waals surface area contributed by atoms with Gasteiger partial charge in [0.15, 0.2) is 11.5 Å². The predicted octanol–water partition coefficient (Wildman–Crippen LogP) is 1.40. The molecule has 1 aromatic carbocycles. The van der Waals surface area contributed by atoms with Crippen LogP contribution in [0.3, 0.4) is 0 Å². The molecule has 0 radical (unpaired) electrons. The molecule has 7 heteroatoms. The van der Waals surface area contributed by atoms with E-state index in [1.165, 1.54) is 0 Å². The normalized spacial score (nSPS) is 16.4. The van der Waals surface area contributed by atoms with E-state index in [0.29, 0.717) is 52.2 Å². The summed E-state index contributed by atoms with van der Waals surface area (Å²) in [5.41, 5.74) is 1.16. The van der Waals surface area contributed by atoms with Crippen molar-refractivity contribution in [3.05, 3.63) is 23.8 Å². The Hall–Kier alpha value is -2.28. The minimum atomic E-state index is 0.179. The van der Waals surface area contributed by atoms with Crippen LogP contribution >= 0.6 is 0 Å². The van der Waals surface area contributed by atoms with Crippen molar-refractivity contribution in [3.63, 3.8) is 0 Å². The van der Waals surface area contributed by atoms with Crippen LogP contribution in [0.15, 0.2) is 18.2 Å². The molecule has 28 heavy (non-hydrogen) atoms. The number of aryl methyl sites for hydroxylation is 1. The molecular weight excluding hydrogens is 358 g/mol. The van der Waals surface area contributed by atoms with Crippen molar-refractivity contribution in [2.24, 2.45) is 0 Å². The second-order valence-electron chi connectivity index (χ2n) is 7.65. The number of rotatable bonds is 7. The minimum Gasteiger partial charge on any atom is -0.486 e. The maximum atomic E-state index is 12.5. The van der Waals surface area contributed by atoms with Gasteiger partial charge in [-0.3, -0.25) is 9.59 Å². The maximum absolute atomic E-state index is 12.5. The number of ether oxygens (including phenoxy) is 2. The number of nitrogens with zero attached hydrogens (tertiary/aromatic N) is 3. The molecule has 2 aliphatic heterocycles. The van der Waals surface area contributed by atoms with Gasteiger partial charge >= 0.3 is 0 Å². The summed E-state index contributed by atoms with van der Waals surface area (Å²) in [5, 5.41) is 0. The maximum Gasteiger partial charge on any atom is 0.223 e. The van der Waals surface area contributed by atoms with Gasteiger partial charge in [0.25, 0.3) is 0 Å². The van der Waals surface area contributed by atoms with Crippen LogP contribution in [-0.4, -0.2) is 86.5 Å². The summed E-state index contributed by atoms with van der Waals surface area (Å²) in [7, 11) is 3.93. The van der Waals surface area contributed by atoms with Gasteiger partial charge in [-0.15, -0.1) is 0 Å². The van der Waals surface area contributed by atoms with Crippen molar-refractivity contribution in [1.82, 2.24) is 14.7 Å². The van der Waals surface area contributed by atoms with E-state index in [1.54, 1.807) is 0 Å². The van der Waals surface area contributed by atoms with Crippen LogP contribution < -0.4 is 9.47 Å². The highest BCUT2D eigenvalue weighted by Gasteiger charge is 2.23. The second-order valence-corrected chi connectivity index (χ2v) is 7.65. The van der Waals surface area contributed by atoms with Crippen molar-refractivity contribution in [2.75, 3.05) is 60.0 Å². The van der Waals surface area contributed by atoms with Crippen LogP contribution in [0, 0.1) is 0 Å². The highest BCUT2D eigenvalue weighted by molar-refractivity contribution is 5.78. The van der Waals surface area contributed by atoms with E-state index in [0.717, 1.165) is 36.4 Å². The van der Waals surface area contributed by atoms with Gasteiger partial charge in [-0.2, -0.15) is 0 Å². The van der Waals surface area contributed by atoms with Crippen LogP contribution in [0.4, 0.5) is 0 Å². The summed E-state index contributed by atoms with van der Waals surface area (Å²) in [6, 6.07) is 5.99. The van der Waals surface area contributed by atoms with Crippen molar-refractivity contribution >= 4 is 11.8 Å². The molecule has 2 amide bonds. The fourth-order valence-electron chi connectivity index (χ4n) is 3.53. The fourth-order valence-corrected chi connectivity index (χ4v) is 3.53. The first-order valence-corrected chi connectivity index (χ1v) is 10.1. The van der Waals surface area contributed by atoms with E-state index in [1.807, 2.05) is 47.0 Å². The van der Waals surface area contributed by atoms with Gasteiger partial charge in [0.2, 0.25) is 11.8 Å². The molecule has 0 unspecified atom stereocenters. The molecule has 1 aromatic rings. The second kappa shape index (κ2) is 9.78. The van der Waals surface area contributed by atoms with Gasteiger partial charge in [-0.05, 0) is 44.6 Å². The molecular formula is C21H31N3O4. The Bertz CT molecular complexity index is 684. The summed E-state index contributed by atoms with van der Waals surface area (Å²) >= 11 is 0. The molecule has 2 aliphatic rings. The molecule has 0 bridgehead atoms. The zero-order valence-corrected chi connectivity index (χ0v) is 17.0. The molecule has 0 spiro atoms. The largest absolute Gasteiger partial charge is 0.486 e. The van der Waals surface area contributed by atoms with Crippen molar-refractivity contribution < 1.29 is 19.1 Å². The van der Waals surface area contributed by atoms with E-state index < -0.39 is 0 Å². The minimum absolute atomic E-state index is 0.179. The average Bonchev–Trinajstić information content (AvgIpc) is 2.72. The number of benzene rings is 1. The molecule has 0 N–H and O–H groups in total. The molecule has 3 rings (SSSR count). The van der Waals surface area contributed by atoms with E-state index in [9.17, 15) is 9.59 Å². The van der Waals surface area contributed by atoms with Gasteiger partial charge in [0, 0.05) is 45.6 Å². The van der Waals surface area contributed by atoms with E-state index in [2.05, 4.69) is 0 Å². The molecule has 0 aromatic heterocycles. The summed E-state index contributed by atoms with van der Waals surface area (Å²) < 4.78 is 11.1. The fraction of sp³-hybridized carbons (Fsp3) is 0.619. The van der Waals surface area contributed by atoms with Gasteiger partial charge in [0.1, 0.15) is 13.2 Å².